The van der Waals surface area contributed by atoms with E-state index in [1.54, 1.807) is 42.5 Å². The van der Waals surface area contributed by atoms with Crippen molar-refractivity contribution in [2.45, 2.75) is 11.7 Å². The summed E-state index contributed by atoms with van der Waals surface area (Å²) >= 11 is 1.38. The number of amides is 2. The van der Waals surface area contributed by atoms with Crippen LogP contribution in [0.15, 0.2) is 84.0 Å². The molecule has 0 aliphatic carbocycles. The van der Waals surface area contributed by atoms with Gasteiger partial charge in [-0.25, -0.2) is 4.39 Å². The Balaban J connectivity index is 1.38. The second kappa shape index (κ2) is 8.99. The first-order valence-electron chi connectivity index (χ1n) is 10.4. The van der Waals surface area contributed by atoms with E-state index in [2.05, 4.69) is 10.2 Å². The lowest BCUT2D eigenvalue weighted by atomic mass is 10.1. The van der Waals surface area contributed by atoms with E-state index in [1.807, 2.05) is 34.9 Å². The monoisotopic (exact) mass is 458 g/mol. The summed E-state index contributed by atoms with van der Waals surface area (Å²) in [6.07, 6.45) is 0. The average Bonchev–Trinajstić information content (AvgIpc) is 3.34. The molecule has 0 spiro atoms. The molecule has 4 aromatic rings. The second-order valence-corrected chi connectivity index (χ2v) is 8.58. The van der Waals surface area contributed by atoms with Gasteiger partial charge in [0.05, 0.1) is 23.2 Å². The highest BCUT2D eigenvalue weighted by Crippen LogP contribution is 2.28. The zero-order chi connectivity index (χ0) is 22.8. The van der Waals surface area contributed by atoms with E-state index in [1.165, 1.54) is 22.7 Å². The van der Waals surface area contributed by atoms with Crippen LogP contribution in [0.25, 0.3) is 11.4 Å². The molecule has 33 heavy (non-hydrogen) atoms. The van der Waals surface area contributed by atoms with Crippen LogP contribution in [0.4, 0.5) is 4.39 Å². The van der Waals surface area contributed by atoms with Gasteiger partial charge in [-0.3, -0.25) is 19.1 Å². The number of hydrogen-bond donors (Lipinski definition) is 0. The topological polar surface area (TPSA) is 68.1 Å². The minimum absolute atomic E-state index is 0.240. The highest BCUT2D eigenvalue weighted by atomic mass is 32.2. The molecule has 3 aromatic carbocycles. The van der Waals surface area contributed by atoms with Gasteiger partial charge in [-0.1, -0.05) is 66.4 Å². The predicted octanol–water partition coefficient (Wildman–Crippen LogP) is 4.52. The van der Waals surface area contributed by atoms with Gasteiger partial charge in [-0.2, -0.15) is 0 Å². The van der Waals surface area contributed by atoms with Crippen LogP contribution in [0.5, 0.6) is 0 Å². The highest BCUT2D eigenvalue weighted by Gasteiger charge is 2.34. The van der Waals surface area contributed by atoms with Gasteiger partial charge < -0.3 is 0 Å². The van der Waals surface area contributed by atoms with E-state index in [0.29, 0.717) is 40.0 Å². The SMILES string of the molecule is O=C1c2ccccc2C(=O)N1CCSc1nnc(-c2ccccc2F)n1Cc1ccccc1. The Kier molecular flexibility index (Phi) is 5.75. The Morgan fingerprint density at radius 3 is 2.03 bits per heavy atom. The first-order valence-corrected chi connectivity index (χ1v) is 11.4. The maximum Gasteiger partial charge on any atom is 0.261 e. The van der Waals surface area contributed by atoms with E-state index in [0.717, 1.165) is 5.56 Å². The molecule has 0 radical (unpaired) electrons. The molecule has 1 aliphatic heterocycles. The molecular formula is C25H19FN4O2S. The van der Waals surface area contributed by atoms with Gasteiger partial charge in [0.1, 0.15) is 5.82 Å². The number of halogens is 1. The van der Waals surface area contributed by atoms with Crippen molar-refractivity contribution in [3.8, 4) is 11.4 Å². The third-order valence-electron chi connectivity index (χ3n) is 5.44. The summed E-state index contributed by atoms with van der Waals surface area (Å²) in [5.74, 6) is -0.0691. The largest absolute Gasteiger partial charge is 0.297 e. The molecule has 0 atom stereocenters. The summed E-state index contributed by atoms with van der Waals surface area (Å²) in [4.78, 5) is 26.5. The molecule has 2 heterocycles. The van der Waals surface area contributed by atoms with Crippen molar-refractivity contribution in [2.24, 2.45) is 0 Å². The summed E-state index contributed by atoms with van der Waals surface area (Å²) in [6, 6.07) is 23.1. The number of nitrogens with zero attached hydrogens (tertiary/aromatic N) is 4. The third-order valence-corrected chi connectivity index (χ3v) is 6.39. The lowest BCUT2D eigenvalue weighted by Crippen LogP contribution is -2.31. The summed E-state index contributed by atoms with van der Waals surface area (Å²) in [7, 11) is 0. The predicted molar refractivity (Wildman–Crippen MR) is 123 cm³/mol. The number of thioether (sulfide) groups is 1. The summed E-state index contributed by atoms with van der Waals surface area (Å²) in [5.41, 5.74) is 2.26. The lowest BCUT2D eigenvalue weighted by molar-refractivity contribution is 0.0664. The van der Waals surface area contributed by atoms with E-state index < -0.39 is 0 Å². The van der Waals surface area contributed by atoms with Crippen LogP contribution >= 0.6 is 11.8 Å². The lowest BCUT2D eigenvalue weighted by Gasteiger charge is -2.14. The number of fused-ring (bicyclic) bond motifs is 1. The Bertz CT molecular complexity index is 1300. The number of carbonyl (C=O) groups is 2. The van der Waals surface area contributed by atoms with Crippen molar-refractivity contribution >= 4 is 23.6 Å². The number of imide groups is 1. The molecule has 1 aliphatic rings. The van der Waals surface area contributed by atoms with Crippen LogP contribution in [0.2, 0.25) is 0 Å². The van der Waals surface area contributed by atoms with E-state index >= 15 is 0 Å². The quantitative estimate of drug-likeness (QED) is 0.301. The molecule has 0 N–H and O–H groups in total. The van der Waals surface area contributed by atoms with Crippen molar-refractivity contribution in [3.05, 3.63) is 101 Å². The number of aromatic nitrogens is 3. The fourth-order valence-electron chi connectivity index (χ4n) is 3.82. The molecule has 2 amide bonds. The molecule has 0 unspecified atom stereocenters. The van der Waals surface area contributed by atoms with Gasteiger partial charge in [0, 0.05) is 12.3 Å². The first kappa shape index (κ1) is 21.1. The van der Waals surface area contributed by atoms with Gasteiger partial charge in [0.15, 0.2) is 11.0 Å². The van der Waals surface area contributed by atoms with Crippen LogP contribution in [-0.2, 0) is 6.54 Å². The van der Waals surface area contributed by atoms with Crippen molar-refractivity contribution in [1.82, 2.24) is 19.7 Å². The normalized spacial score (nSPS) is 12.9. The maximum atomic E-state index is 14.5. The first-order chi connectivity index (χ1) is 16.1. The molecule has 8 heteroatoms. The second-order valence-electron chi connectivity index (χ2n) is 7.51. The van der Waals surface area contributed by atoms with Crippen molar-refractivity contribution in [3.63, 3.8) is 0 Å². The van der Waals surface area contributed by atoms with Crippen molar-refractivity contribution in [2.75, 3.05) is 12.3 Å². The Labute approximate surface area is 194 Å². The highest BCUT2D eigenvalue weighted by molar-refractivity contribution is 7.99. The molecular weight excluding hydrogens is 439 g/mol. The minimum atomic E-state index is -0.373. The standard InChI is InChI=1S/C25H19FN4O2S/c26-21-13-7-6-12-20(21)22-27-28-25(30(22)16-17-8-2-1-3-9-17)33-15-14-29-23(31)18-10-4-5-11-19(18)24(29)32/h1-13H,14-16H2. The van der Waals surface area contributed by atoms with E-state index in [4.69, 9.17) is 0 Å². The number of rotatable bonds is 7. The molecule has 0 saturated carbocycles. The van der Waals surface area contributed by atoms with Crippen molar-refractivity contribution in [1.29, 1.82) is 0 Å². The molecule has 0 saturated heterocycles. The minimum Gasteiger partial charge on any atom is -0.297 e. The Morgan fingerprint density at radius 2 is 1.36 bits per heavy atom. The van der Waals surface area contributed by atoms with E-state index in [9.17, 15) is 14.0 Å². The van der Waals surface area contributed by atoms with Crippen molar-refractivity contribution < 1.29 is 14.0 Å². The number of benzene rings is 3. The van der Waals surface area contributed by atoms with Gasteiger partial charge in [0.2, 0.25) is 0 Å². The van der Waals surface area contributed by atoms with Crippen LogP contribution in [-0.4, -0.2) is 43.8 Å². The summed E-state index contributed by atoms with van der Waals surface area (Å²) in [5, 5.41) is 9.14. The maximum absolute atomic E-state index is 14.5. The number of carbonyl (C=O) groups excluding carboxylic acids is 2. The summed E-state index contributed by atoms with van der Waals surface area (Å²) in [6.45, 7) is 0.705. The zero-order valence-corrected chi connectivity index (χ0v) is 18.3. The fourth-order valence-corrected chi connectivity index (χ4v) is 4.68. The van der Waals surface area contributed by atoms with Gasteiger partial charge in [0.25, 0.3) is 11.8 Å². The molecule has 164 valence electrons. The van der Waals surface area contributed by atoms with E-state index in [-0.39, 0.29) is 24.2 Å². The molecule has 0 bridgehead atoms. The van der Waals surface area contributed by atoms with Crippen LogP contribution in [0.3, 0.4) is 0 Å². The Hall–Kier alpha value is -3.78. The smallest absolute Gasteiger partial charge is 0.261 e. The van der Waals surface area contributed by atoms with Crippen LogP contribution in [0.1, 0.15) is 26.3 Å². The molecule has 5 rings (SSSR count). The fraction of sp³-hybridized carbons (Fsp3) is 0.120. The third kappa shape index (κ3) is 4.05. The zero-order valence-electron chi connectivity index (χ0n) is 17.5. The average molecular weight is 459 g/mol. The molecule has 1 aromatic heterocycles. The number of hydrogen-bond acceptors (Lipinski definition) is 5. The van der Waals surface area contributed by atoms with Crippen LogP contribution in [0, 0.1) is 5.82 Å². The molecule has 6 nitrogen and oxygen atoms in total. The summed E-state index contributed by atoms with van der Waals surface area (Å²) < 4.78 is 16.4. The van der Waals surface area contributed by atoms with Crippen LogP contribution < -0.4 is 0 Å². The Morgan fingerprint density at radius 1 is 0.758 bits per heavy atom. The van der Waals surface area contributed by atoms with Gasteiger partial charge >= 0.3 is 0 Å². The molecule has 0 fully saturated rings. The van der Waals surface area contributed by atoms with Gasteiger partial charge in [-0.15, -0.1) is 10.2 Å². The van der Waals surface area contributed by atoms with Gasteiger partial charge in [-0.05, 0) is 29.8 Å².